The van der Waals surface area contributed by atoms with Crippen LogP contribution in [0.2, 0.25) is 0 Å². The van der Waals surface area contributed by atoms with Crippen LogP contribution >= 0.6 is 0 Å². The van der Waals surface area contributed by atoms with E-state index < -0.39 is 0 Å². The minimum absolute atomic E-state index is 0.106. The second-order valence-electron chi connectivity index (χ2n) is 5.14. The highest BCUT2D eigenvalue weighted by molar-refractivity contribution is 5.69. The molecule has 0 spiro atoms. The molecule has 0 aliphatic heterocycles. The summed E-state index contributed by atoms with van der Waals surface area (Å²) in [6.07, 6.45) is 0.792. The van der Waals surface area contributed by atoms with Crippen molar-refractivity contribution in [1.82, 2.24) is 0 Å². The molecule has 0 fully saturated rings. The van der Waals surface area contributed by atoms with E-state index in [9.17, 15) is 9.90 Å². The molecule has 1 aromatic rings. The maximum absolute atomic E-state index is 11.1. The molecule has 0 saturated heterocycles. The predicted molar refractivity (Wildman–Crippen MR) is 67.1 cm³/mol. The molecule has 0 aromatic heterocycles. The lowest BCUT2D eigenvalue weighted by molar-refractivity contribution is -0.140. The summed E-state index contributed by atoms with van der Waals surface area (Å²) >= 11 is 0. The number of phenolic OH excluding ortho intramolecular Hbond substituents is 1. The zero-order chi connectivity index (χ0) is 13.1. The number of benzene rings is 1. The summed E-state index contributed by atoms with van der Waals surface area (Å²) < 4.78 is 4.59. The van der Waals surface area contributed by atoms with E-state index in [1.807, 2.05) is 39.0 Å². The number of rotatable bonds is 3. The molecule has 0 radical (unpaired) electrons. The normalized spacial score (nSPS) is 11.3. The molecule has 3 nitrogen and oxygen atoms in total. The van der Waals surface area contributed by atoms with Crippen LogP contribution in [0.15, 0.2) is 18.2 Å². The van der Waals surface area contributed by atoms with Gasteiger partial charge in [0.15, 0.2) is 0 Å². The summed E-state index contributed by atoms with van der Waals surface area (Å²) in [4.78, 5) is 11.1. The van der Waals surface area contributed by atoms with E-state index in [1.54, 1.807) is 0 Å². The highest BCUT2D eigenvalue weighted by Crippen LogP contribution is 2.33. The molecule has 94 valence electrons. The second kappa shape index (κ2) is 5.21. The van der Waals surface area contributed by atoms with E-state index in [1.165, 1.54) is 7.11 Å². The van der Waals surface area contributed by atoms with Gasteiger partial charge in [0.1, 0.15) is 5.75 Å². The number of carbonyl (C=O) groups excluding carboxylic acids is 1. The maximum atomic E-state index is 11.1. The predicted octanol–water partition coefficient (Wildman–Crippen LogP) is 2.80. The Labute approximate surface area is 102 Å². The number of methoxy groups -OCH3 is 1. The van der Waals surface area contributed by atoms with Crippen LogP contribution in [0, 0.1) is 0 Å². The zero-order valence-corrected chi connectivity index (χ0v) is 10.9. The fourth-order valence-corrected chi connectivity index (χ4v) is 1.74. The van der Waals surface area contributed by atoms with Gasteiger partial charge in [-0.15, -0.1) is 0 Å². The standard InChI is InChI=1S/C14H20O3/c1-14(2,3)11-7-5-6-10(13(11)16)8-9-12(15)17-4/h5-7,16H,8-9H2,1-4H3. The molecule has 1 rings (SSSR count). The molecule has 0 atom stereocenters. The summed E-state index contributed by atoms with van der Waals surface area (Å²) in [7, 11) is 1.37. The minimum atomic E-state index is -0.259. The highest BCUT2D eigenvalue weighted by Gasteiger charge is 2.19. The van der Waals surface area contributed by atoms with E-state index in [4.69, 9.17) is 0 Å². The van der Waals surface area contributed by atoms with Gasteiger partial charge in [-0.2, -0.15) is 0 Å². The first kappa shape index (κ1) is 13.6. The van der Waals surface area contributed by atoms with E-state index in [2.05, 4.69) is 4.74 Å². The first-order chi connectivity index (χ1) is 7.86. The molecule has 1 N–H and O–H groups in total. The lowest BCUT2D eigenvalue weighted by Crippen LogP contribution is -2.12. The van der Waals surface area contributed by atoms with Crippen LogP contribution in [-0.2, 0) is 21.4 Å². The highest BCUT2D eigenvalue weighted by atomic mass is 16.5. The molecule has 3 heteroatoms. The smallest absolute Gasteiger partial charge is 0.305 e. The summed E-state index contributed by atoms with van der Waals surface area (Å²) in [6, 6.07) is 5.66. The van der Waals surface area contributed by atoms with Crippen molar-refractivity contribution < 1.29 is 14.6 Å². The maximum Gasteiger partial charge on any atom is 0.305 e. The van der Waals surface area contributed by atoms with Gasteiger partial charge in [0.2, 0.25) is 0 Å². The summed E-state index contributed by atoms with van der Waals surface area (Å²) in [5.74, 6) is 0.0365. The van der Waals surface area contributed by atoms with Crippen molar-refractivity contribution in [3.8, 4) is 5.75 Å². The van der Waals surface area contributed by atoms with Crippen LogP contribution < -0.4 is 0 Å². The molecule has 0 bridgehead atoms. The van der Waals surface area contributed by atoms with E-state index in [-0.39, 0.29) is 17.8 Å². The number of phenols is 1. The van der Waals surface area contributed by atoms with Gasteiger partial charge in [0.25, 0.3) is 0 Å². The van der Waals surface area contributed by atoms with Crippen LogP contribution in [0.4, 0.5) is 0 Å². The van der Waals surface area contributed by atoms with Crippen LogP contribution in [0.1, 0.15) is 38.3 Å². The van der Waals surface area contributed by atoms with Crippen molar-refractivity contribution in [2.24, 2.45) is 0 Å². The third-order valence-corrected chi connectivity index (χ3v) is 2.75. The largest absolute Gasteiger partial charge is 0.507 e. The van der Waals surface area contributed by atoms with Gasteiger partial charge < -0.3 is 9.84 Å². The number of para-hydroxylation sites is 1. The molecule has 0 amide bonds. The summed E-state index contributed by atoms with van der Waals surface area (Å²) in [6.45, 7) is 6.14. The van der Waals surface area contributed by atoms with Crippen LogP contribution in [0.3, 0.4) is 0 Å². The molecular formula is C14H20O3. The third kappa shape index (κ3) is 3.48. The number of aryl methyl sites for hydroxylation is 1. The van der Waals surface area contributed by atoms with Gasteiger partial charge in [-0.05, 0) is 23.0 Å². The minimum Gasteiger partial charge on any atom is -0.507 e. The molecule has 1 aromatic carbocycles. The number of hydrogen-bond acceptors (Lipinski definition) is 3. The number of esters is 1. The van der Waals surface area contributed by atoms with Crippen molar-refractivity contribution >= 4 is 5.97 Å². The Morgan fingerprint density at radius 2 is 2.00 bits per heavy atom. The SMILES string of the molecule is COC(=O)CCc1cccc(C(C)(C)C)c1O. The van der Waals surface area contributed by atoms with Crippen LogP contribution in [-0.4, -0.2) is 18.2 Å². The zero-order valence-electron chi connectivity index (χ0n) is 10.9. The number of ether oxygens (including phenoxy) is 1. The Bertz CT molecular complexity index is 402. The molecule has 0 aliphatic rings. The lowest BCUT2D eigenvalue weighted by Gasteiger charge is -2.21. The monoisotopic (exact) mass is 236 g/mol. The van der Waals surface area contributed by atoms with E-state index >= 15 is 0 Å². The average Bonchev–Trinajstić information content (AvgIpc) is 2.25. The Hall–Kier alpha value is -1.51. The molecular weight excluding hydrogens is 216 g/mol. The van der Waals surface area contributed by atoms with Crippen molar-refractivity contribution in [3.63, 3.8) is 0 Å². The van der Waals surface area contributed by atoms with Gasteiger partial charge in [0, 0.05) is 6.42 Å². The summed E-state index contributed by atoms with van der Waals surface area (Å²) in [5, 5.41) is 10.2. The van der Waals surface area contributed by atoms with Gasteiger partial charge in [-0.3, -0.25) is 4.79 Å². The Balaban J connectivity index is 2.91. The second-order valence-corrected chi connectivity index (χ2v) is 5.14. The molecule has 0 heterocycles. The van der Waals surface area contributed by atoms with Crippen LogP contribution in [0.5, 0.6) is 5.75 Å². The molecule has 0 aliphatic carbocycles. The van der Waals surface area contributed by atoms with Gasteiger partial charge in [0.05, 0.1) is 7.11 Å². The molecule has 0 unspecified atom stereocenters. The van der Waals surface area contributed by atoms with Gasteiger partial charge in [-0.25, -0.2) is 0 Å². The Morgan fingerprint density at radius 1 is 1.35 bits per heavy atom. The van der Waals surface area contributed by atoms with E-state index in [0.717, 1.165) is 11.1 Å². The summed E-state index contributed by atoms with van der Waals surface area (Å²) in [5.41, 5.74) is 1.59. The third-order valence-electron chi connectivity index (χ3n) is 2.75. The Morgan fingerprint density at radius 3 is 2.53 bits per heavy atom. The molecule has 0 saturated carbocycles. The van der Waals surface area contributed by atoms with Crippen molar-refractivity contribution in [1.29, 1.82) is 0 Å². The van der Waals surface area contributed by atoms with Crippen molar-refractivity contribution in [3.05, 3.63) is 29.3 Å². The lowest BCUT2D eigenvalue weighted by atomic mass is 9.85. The fraction of sp³-hybridized carbons (Fsp3) is 0.500. The Kier molecular flexibility index (Phi) is 4.16. The number of carbonyl (C=O) groups is 1. The number of hydrogen-bond donors (Lipinski definition) is 1. The quantitative estimate of drug-likeness (QED) is 0.821. The molecule has 17 heavy (non-hydrogen) atoms. The van der Waals surface area contributed by atoms with Crippen molar-refractivity contribution in [2.45, 2.75) is 39.0 Å². The first-order valence-electron chi connectivity index (χ1n) is 5.74. The van der Waals surface area contributed by atoms with Crippen LogP contribution in [0.25, 0.3) is 0 Å². The van der Waals surface area contributed by atoms with Gasteiger partial charge in [-0.1, -0.05) is 39.0 Å². The fourth-order valence-electron chi connectivity index (χ4n) is 1.74. The number of aromatic hydroxyl groups is 1. The first-order valence-corrected chi connectivity index (χ1v) is 5.74. The van der Waals surface area contributed by atoms with E-state index in [0.29, 0.717) is 12.2 Å². The van der Waals surface area contributed by atoms with Crippen molar-refractivity contribution in [2.75, 3.05) is 7.11 Å². The topological polar surface area (TPSA) is 46.5 Å². The average molecular weight is 236 g/mol. The van der Waals surface area contributed by atoms with Gasteiger partial charge >= 0.3 is 5.97 Å².